The monoisotopic (exact) mass is 323 g/mol. The van der Waals surface area contributed by atoms with Crippen molar-refractivity contribution in [2.24, 2.45) is 0 Å². The molecule has 3 nitrogen and oxygen atoms in total. The number of hydrogen-bond donors (Lipinski definition) is 2. The number of para-hydroxylation sites is 1. The molecule has 1 aliphatic rings. The van der Waals surface area contributed by atoms with Crippen molar-refractivity contribution in [3.63, 3.8) is 0 Å². The number of H-pyrrole nitrogens is 1. The molecule has 0 saturated heterocycles. The van der Waals surface area contributed by atoms with Crippen LogP contribution >= 0.6 is 15.9 Å². The van der Waals surface area contributed by atoms with Gasteiger partial charge in [0.1, 0.15) is 5.60 Å². The fourth-order valence-electron chi connectivity index (χ4n) is 3.14. The van der Waals surface area contributed by atoms with Crippen LogP contribution in [-0.2, 0) is 16.8 Å². The lowest BCUT2D eigenvalue weighted by Crippen LogP contribution is -2.36. The topological polar surface area (TPSA) is 45.2 Å². The van der Waals surface area contributed by atoms with Gasteiger partial charge in [0.15, 0.2) is 0 Å². The molecule has 1 unspecified atom stereocenters. The molecule has 1 aliphatic heterocycles. The van der Waals surface area contributed by atoms with Gasteiger partial charge in [-0.05, 0) is 40.4 Å². The van der Waals surface area contributed by atoms with Gasteiger partial charge in [-0.25, -0.2) is 0 Å². The van der Waals surface area contributed by atoms with Crippen LogP contribution in [0.15, 0.2) is 22.7 Å². The second-order valence-corrected chi connectivity index (χ2v) is 5.92. The van der Waals surface area contributed by atoms with Crippen LogP contribution in [0.1, 0.15) is 31.0 Å². The Morgan fingerprint density at radius 3 is 3.05 bits per heavy atom. The zero-order valence-corrected chi connectivity index (χ0v) is 12.6. The summed E-state index contributed by atoms with van der Waals surface area (Å²) in [5.41, 5.74) is 3.27. The molecule has 0 aliphatic carbocycles. The number of fused-ring (bicyclic) bond motifs is 3. The van der Waals surface area contributed by atoms with Crippen molar-refractivity contribution in [3.8, 4) is 0 Å². The van der Waals surface area contributed by atoms with E-state index in [9.17, 15) is 5.11 Å². The molecule has 2 heterocycles. The Labute approximate surface area is 121 Å². The highest BCUT2D eigenvalue weighted by Gasteiger charge is 2.38. The molecule has 0 amide bonds. The molecule has 0 bridgehead atoms. The van der Waals surface area contributed by atoms with Crippen molar-refractivity contribution in [1.29, 1.82) is 0 Å². The van der Waals surface area contributed by atoms with E-state index >= 15 is 0 Å². The van der Waals surface area contributed by atoms with Crippen LogP contribution in [0.4, 0.5) is 0 Å². The first-order chi connectivity index (χ1) is 9.22. The Morgan fingerprint density at radius 1 is 1.47 bits per heavy atom. The Balaban J connectivity index is 2.25. The van der Waals surface area contributed by atoms with E-state index in [2.05, 4.69) is 40.0 Å². The quantitative estimate of drug-likeness (QED) is 0.908. The van der Waals surface area contributed by atoms with Gasteiger partial charge in [-0.1, -0.05) is 19.1 Å². The summed E-state index contributed by atoms with van der Waals surface area (Å²) in [5.74, 6) is 0. The number of rotatable bonds is 3. The third-order valence-corrected chi connectivity index (χ3v) is 4.82. The smallest absolute Gasteiger partial charge is 0.110 e. The lowest BCUT2D eigenvalue weighted by molar-refractivity contribution is -0.0795. The summed E-state index contributed by atoms with van der Waals surface area (Å²) < 4.78 is 7.12. The number of benzene rings is 1. The number of hydrogen-bond acceptors (Lipinski definition) is 2. The fraction of sp³-hybridized carbons (Fsp3) is 0.467. The van der Waals surface area contributed by atoms with Crippen molar-refractivity contribution in [2.75, 3.05) is 13.2 Å². The number of aliphatic hydroxyl groups excluding tert-OH is 1. The third kappa shape index (κ3) is 1.93. The summed E-state index contributed by atoms with van der Waals surface area (Å²) in [5, 5.41) is 10.6. The van der Waals surface area contributed by atoms with Gasteiger partial charge in [-0.2, -0.15) is 0 Å². The zero-order valence-electron chi connectivity index (χ0n) is 11.0. The number of ether oxygens (including phenoxy) is 1. The first-order valence-corrected chi connectivity index (χ1v) is 7.55. The van der Waals surface area contributed by atoms with E-state index in [1.54, 1.807) is 0 Å². The van der Waals surface area contributed by atoms with Gasteiger partial charge >= 0.3 is 0 Å². The van der Waals surface area contributed by atoms with Crippen molar-refractivity contribution < 1.29 is 9.84 Å². The Bertz CT molecular complexity index is 607. The molecule has 1 atom stereocenters. The van der Waals surface area contributed by atoms with E-state index in [0.29, 0.717) is 6.42 Å². The van der Waals surface area contributed by atoms with Crippen molar-refractivity contribution in [3.05, 3.63) is 33.9 Å². The summed E-state index contributed by atoms with van der Waals surface area (Å²) in [6.07, 6.45) is 2.44. The molecule has 2 aromatic rings. The van der Waals surface area contributed by atoms with Gasteiger partial charge in [0.25, 0.3) is 0 Å². The molecule has 4 heteroatoms. The normalized spacial score (nSPS) is 22.7. The summed E-state index contributed by atoms with van der Waals surface area (Å²) in [6, 6.07) is 6.26. The molecule has 0 saturated carbocycles. The highest BCUT2D eigenvalue weighted by atomic mass is 79.9. The molecule has 2 N–H and O–H groups in total. The third-order valence-electron chi connectivity index (χ3n) is 4.16. The Morgan fingerprint density at radius 2 is 2.32 bits per heavy atom. The molecule has 0 radical (unpaired) electrons. The average molecular weight is 324 g/mol. The number of aliphatic hydroxyl groups is 1. The number of aromatic nitrogens is 1. The van der Waals surface area contributed by atoms with Crippen LogP contribution in [0.25, 0.3) is 10.9 Å². The Hall–Kier alpha value is -0.840. The molecule has 1 aromatic carbocycles. The number of nitrogens with one attached hydrogen (secondary N) is 1. The minimum atomic E-state index is -0.360. The average Bonchev–Trinajstić information content (AvgIpc) is 2.81. The highest BCUT2D eigenvalue weighted by molar-refractivity contribution is 9.10. The lowest BCUT2D eigenvalue weighted by atomic mass is 9.86. The molecule has 19 heavy (non-hydrogen) atoms. The van der Waals surface area contributed by atoms with Gasteiger partial charge in [0, 0.05) is 22.9 Å². The lowest BCUT2D eigenvalue weighted by Gasteiger charge is -2.36. The zero-order chi connectivity index (χ0) is 13.5. The van der Waals surface area contributed by atoms with E-state index in [4.69, 9.17) is 4.74 Å². The second kappa shape index (κ2) is 4.93. The predicted octanol–water partition coefficient (Wildman–Crippen LogP) is 3.49. The van der Waals surface area contributed by atoms with Crippen LogP contribution in [0, 0.1) is 0 Å². The second-order valence-electron chi connectivity index (χ2n) is 5.06. The van der Waals surface area contributed by atoms with Crippen molar-refractivity contribution in [2.45, 2.75) is 31.8 Å². The first kappa shape index (κ1) is 13.2. The van der Waals surface area contributed by atoms with Crippen LogP contribution in [0.2, 0.25) is 0 Å². The van der Waals surface area contributed by atoms with E-state index in [-0.39, 0.29) is 12.2 Å². The molecule has 102 valence electrons. The van der Waals surface area contributed by atoms with Crippen molar-refractivity contribution >= 4 is 26.8 Å². The Kier molecular flexibility index (Phi) is 3.41. The van der Waals surface area contributed by atoms with Crippen LogP contribution in [0.5, 0.6) is 0 Å². The molecule has 1 aromatic heterocycles. The maximum Gasteiger partial charge on any atom is 0.110 e. The minimum Gasteiger partial charge on any atom is -0.396 e. The van der Waals surface area contributed by atoms with E-state index in [0.717, 1.165) is 35.1 Å². The summed E-state index contributed by atoms with van der Waals surface area (Å²) in [6.45, 7) is 2.98. The van der Waals surface area contributed by atoms with E-state index in [1.807, 2.05) is 6.07 Å². The SMILES string of the molecule is CCC1(CCO)OCCc2c1[nH]c1c(Br)cccc21. The molecule has 0 spiro atoms. The fourth-order valence-corrected chi connectivity index (χ4v) is 3.61. The maximum atomic E-state index is 9.37. The number of aromatic amines is 1. The first-order valence-electron chi connectivity index (χ1n) is 6.76. The van der Waals surface area contributed by atoms with Gasteiger partial charge in [0.05, 0.1) is 17.8 Å². The van der Waals surface area contributed by atoms with Crippen LogP contribution in [-0.4, -0.2) is 23.3 Å². The van der Waals surface area contributed by atoms with Gasteiger partial charge < -0.3 is 14.8 Å². The van der Waals surface area contributed by atoms with Gasteiger partial charge in [0.2, 0.25) is 0 Å². The predicted molar refractivity (Wildman–Crippen MR) is 79.3 cm³/mol. The van der Waals surface area contributed by atoms with Crippen LogP contribution in [0.3, 0.4) is 0 Å². The largest absolute Gasteiger partial charge is 0.396 e. The summed E-state index contributed by atoms with van der Waals surface area (Å²) in [4.78, 5) is 3.53. The van der Waals surface area contributed by atoms with Crippen molar-refractivity contribution in [1.82, 2.24) is 4.98 Å². The number of halogens is 1. The van der Waals surface area contributed by atoms with E-state index < -0.39 is 0 Å². The molecular weight excluding hydrogens is 306 g/mol. The molecular formula is C15H18BrNO2. The highest BCUT2D eigenvalue weighted by Crippen LogP contribution is 2.42. The maximum absolute atomic E-state index is 9.37. The van der Waals surface area contributed by atoms with Gasteiger partial charge in [-0.15, -0.1) is 0 Å². The van der Waals surface area contributed by atoms with Gasteiger partial charge in [-0.3, -0.25) is 0 Å². The molecule has 3 rings (SSSR count). The molecule has 0 fully saturated rings. The standard InChI is InChI=1S/C15H18BrNO2/c1-2-15(7-8-18)14-11(6-9-19-15)10-4-3-5-12(16)13(10)17-14/h3-5,17-18H,2,6-9H2,1H3. The van der Waals surface area contributed by atoms with Crippen LogP contribution < -0.4 is 0 Å². The summed E-state index contributed by atoms with van der Waals surface area (Å²) >= 11 is 3.60. The van der Waals surface area contributed by atoms with E-state index in [1.165, 1.54) is 10.9 Å². The summed E-state index contributed by atoms with van der Waals surface area (Å²) in [7, 11) is 0. The minimum absolute atomic E-state index is 0.143.